The quantitative estimate of drug-likeness (QED) is 0.809. The van der Waals surface area contributed by atoms with Crippen LogP contribution in [0.1, 0.15) is 30.6 Å². The highest BCUT2D eigenvalue weighted by Gasteiger charge is 2.19. The third kappa shape index (κ3) is 5.31. The molecule has 2 aromatic heterocycles. The summed E-state index contributed by atoms with van der Waals surface area (Å²) in [5, 5.41) is 3.08. The molecule has 1 unspecified atom stereocenters. The summed E-state index contributed by atoms with van der Waals surface area (Å²) in [7, 11) is 1.63. The molecule has 6 heteroatoms. The van der Waals surface area contributed by atoms with Gasteiger partial charge in [0.2, 0.25) is 0 Å². The summed E-state index contributed by atoms with van der Waals surface area (Å²) < 4.78 is 5.12. The third-order valence-corrected chi connectivity index (χ3v) is 3.72. The van der Waals surface area contributed by atoms with Crippen molar-refractivity contribution in [1.82, 2.24) is 20.2 Å². The van der Waals surface area contributed by atoms with E-state index >= 15 is 0 Å². The van der Waals surface area contributed by atoms with Crippen molar-refractivity contribution in [2.45, 2.75) is 25.9 Å². The number of ether oxygens (including phenoxy) is 1. The molecule has 0 radical (unpaired) electrons. The van der Waals surface area contributed by atoms with Crippen molar-refractivity contribution in [2.24, 2.45) is 0 Å². The molecular formula is C18H24N4O2. The predicted octanol–water partition coefficient (Wildman–Crippen LogP) is 2.79. The molecule has 0 saturated heterocycles. The molecular weight excluding hydrogens is 304 g/mol. The lowest BCUT2D eigenvalue weighted by molar-refractivity contribution is 0.144. The van der Waals surface area contributed by atoms with E-state index < -0.39 is 0 Å². The number of urea groups is 1. The van der Waals surface area contributed by atoms with E-state index in [1.165, 1.54) is 0 Å². The summed E-state index contributed by atoms with van der Waals surface area (Å²) in [6.07, 6.45) is 6.03. The van der Waals surface area contributed by atoms with Gasteiger partial charge in [0.25, 0.3) is 0 Å². The molecule has 1 atom stereocenters. The second-order valence-corrected chi connectivity index (χ2v) is 5.43. The van der Waals surface area contributed by atoms with Crippen molar-refractivity contribution in [1.29, 1.82) is 0 Å². The Morgan fingerprint density at radius 1 is 1.29 bits per heavy atom. The number of aromatic nitrogens is 2. The number of methoxy groups -OCH3 is 1. The highest BCUT2D eigenvalue weighted by atomic mass is 16.5. The van der Waals surface area contributed by atoms with Gasteiger partial charge in [-0.05, 0) is 30.2 Å². The Bertz CT molecular complexity index is 607. The Labute approximate surface area is 142 Å². The maximum absolute atomic E-state index is 12.7. The molecule has 2 aromatic rings. The summed E-state index contributed by atoms with van der Waals surface area (Å²) in [5.41, 5.74) is 1.84. The molecule has 2 rings (SSSR count). The van der Waals surface area contributed by atoms with Crippen LogP contribution in [-0.2, 0) is 11.3 Å². The normalized spacial score (nSPS) is 11.8. The zero-order valence-electron chi connectivity index (χ0n) is 14.2. The van der Waals surface area contributed by atoms with Crippen LogP contribution in [0.25, 0.3) is 0 Å². The molecule has 0 aliphatic heterocycles. The SMILES string of the molecule is CCC(NC(=O)N(CCOC)Cc1ccccn1)c1cccnc1. The monoisotopic (exact) mass is 328 g/mol. The Balaban J connectivity index is 2.05. The van der Waals surface area contributed by atoms with Gasteiger partial charge in [0, 0.05) is 32.2 Å². The van der Waals surface area contributed by atoms with Crippen molar-refractivity contribution >= 4 is 6.03 Å². The molecule has 0 fully saturated rings. The zero-order chi connectivity index (χ0) is 17.2. The summed E-state index contributed by atoms with van der Waals surface area (Å²) in [6, 6.07) is 9.33. The van der Waals surface area contributed by atoms with Gasteiger partial charge in [0.15, 0.2) is 0 Å². The van der Waals surface area contributed by atoms with Gasteiger partial charge in [0.05, 0.1) is 24.9 Å². The molecule has 0 aliphatic rings. The van der Waals surface area contributed by atoms with Crippen molar-refractivity contribution in [3.05, 3.63) is 60.2 Å². The summed E-state index contributed by atoms with van der Waals surface area (Å²) in [6.45, 7) is 3.46. The predicted molar refractivity (Wildman–Crippen MR) is 92.3 cm³/mol. The topological polar surface area (TPSA) is 67.4 Å². The van der Waals surface area contributed by atoms with Gasteiger partial charge in [-0.1, -0.05) is 19.1 Å². The standard InChI is InChI=1S/C18H24N4O2/c1-3-17(15-7-6-9-19-13-15)21-18(23)22(11-12-24-2)14-16-8-4-5-10-20-16/h4-10,13,17H,3,11-12,14H2,1-2H3,(H,21,23). The van der Waals surface area contributed by atoms with Gasteiger partial charge in [-0.25, -0.2) is 4.79 Å². The van der Waals surface area contributed by atoms with Crippen molar-refractivity contribution < 1.29 is 9.53 Å². The minimum absolute atomic E-state index is 0.0695. The third-order valence-electron chi connectivity index (χ3n) is 3.72. The van der Waals surface area contributed by atoms with Crippen LogP contribution in [0.3, 0.4) is 0 Å². The molecule has 0 aromatic carbocycles. The number of carbonyl (C=O) groups excluding carboxylic acids is 1. The fraction of sp³-hybridized carbons (Fsp3) is 0.389. The first kappa shape index (κ1) is 17.9. The number of amides is 2. The van der Waals surface area contributed by atoms with Crippen LogP contribution in [-0.4, -0.2) is 41.2 Å². The average Bonchev–Trinajstić information content (AvgIpc) is 2.64. The summed E-state index contributed by atoms with van der Waals surface area (Å²) in [5.74, 6) is 0. The largest absolute Gasteiger partial charge is 0.383 e. The Morgan fingerprint density at radius 3 is 2.79 bits per heavy atom. The number of carbonyl (C=O) groups is 1. The van der Waals surface area contributed by atoms with Gasteiger partial charge < -0.3 is 15.0 Å². The Hall–Kier alpha value is -2.47. The summed E-state index contributed by atoms with van der Waals surface area (Å²) >= 11 is 0. The van der Waals surface area contributed by atoms with E-state index in [1.807, 2.05) is 37.3 Å². The number of pyridine rings is 2. The minimum atomic E-state index is -0.131. The van der Waals surface area contributed by atoms with Crippen molar-refractivity contribution in [3.8, 4) is 0 Å². The maximum atomic E-state index is 12.7. The number of hydrogen-bond donors (Lipinski definition) is 1. The van der Waals surface area contributed by atoms with E-state index in [9.17, 15) is 4.79 Å². The minimum Gasteiger partial charge on any atom is -0.383 e. The lowest BCUT2D eigenvalue weighted by Crippen LogP contribution is -2.42. The van der Waals surface area contributed by atoms with Crippen LogP contribution < -0.4 is 5.32 Å². The molecule has 0 aliphatic carbocycles. The van der Waals surface area contributed by atoms with E-state index in [4.69, 9.17) is 4.74 Å². The maximum Gasteiger partial charge on any atom is 0.318 e. The van der Waals surface area contributed by atoms with Crippen LogP contribution in [0.5, 0.6) is 0 Å². The zero-order valence-corrected chi connectivity index (χ0v) is 14.2. The van der Waals surface area contributed by atoms with E-state index in [1.54, 1.807) is 30.6 Å². The molecule has 2 heterocycles. The highest BCUT2D eigenvalue weighted by Crippen LogP contribution is 2.15. The number of nitrogens with zero attached hydrogens (tertiary/aromatic N) is 3. The van der Waals surface area contributed by atoms with E-state index in [2.05, 4.69) is 15.3 Å². The number of rotatable bonds is 8. The van der Waals surface area contributed by atoms with Gasteiger partial charge in [-0.15, -0.1) is 0 Å². The molecule has 0 saturated carbocycles. The van der Waals surface area contributed by atoms with Crippen LogP contribution >= 0.6 is 0 Å². The smallest absolute Gasteiger partial charge is 0.318 e. The fourth-order valence-corrected chi connectivity index (χ4v) is 2.38. The lowest BCUT2D eigenvalue weighted by Gasteiger charge is -2.26. The molecule has 6 nitrogen and oxygen atoms in total. The van der Waals surface area contributed by atoms with Gasteiger partial charge in [0.1, 0.15) is 0 Å². The molecule has 1 N–H and O–H groups in total. The van der Waals surface area contributed by atoms with Gasteiger partial charge in [-0.2, -0.15) is 0 Å². The number of hydrogen-bond acceptors (Lipinski definition) is 4. The van der Waals surface area contributed by atoms with E-state index in [0.29, 0.717) is 19.7 Å². The van der Waals surface area contributed by atoms with Crippen molar-refractivity contribution in [2.75, 3.05) is 20.3 Å². The molecule has 24 heavy (non-hydrogen) atoms. The van der Waals surface area contributed by atoms with Crippen LogP contribution in [0.4, 0.5) is 4.79 Å². The van der Waals surface area contributed by atoms with E-state index in [-0.39, 0.29) is 12.1 Å². The Kier molecular flexibility index (Phi) is 7.17. The van der Waals surface area contributed by atoms with Crippen LogP contribution in [0, 0.1) is 0 Å². The first-order valence-corrected chi connectivity index (χ1v) is 8.08. The lowest BCUT2D eigenvalue weighted by atomic mass is 10.1. The fourth-order valence-electron chi connectivity index (χ4n) is 2.38. The van der Waals surface area contributed by atoms with E-state index in [0.717, 1.165) is 17.7 Å². The Morgan fingerprint density at radius 2 is 2.17 bits per heavy atom. The highest BCUT2D eigenvalue weighted by molar-refractivity contribution is 5.74. The summed E-state index contributed by atoms with van der Waals surface area (Å²) in [4.78, 5) is 22.8. The first-order chi connectivity index (χ1) is 11.7. The molecule has 0 bridgehead atoms. The van der Waals surface area contributed by atoms with Crippen molar-refractivity contribution in [3.63, 3.8) is 0 Å². The molecule has 128 valence electrons. The number of nitrogens with one attached hydrogen (secondary N) is 1. The van der Waals surface area contributed by atoms with Gasteiger partial charge in [-0.3, -0.25) is 9.97 Å². The molecule has 0 spiro atoms. The average molecular weight is 328 g/mol. The molecule has 2 amide bonds. The second kappa shape index (κ2) is 9.62. The first-order valence-electron chi connectivity index (χ1n) is 8.08. The van der Waals surface area contributed by atoms with Crippen LogP contribution in [0.2, 0.25) is 0 Å². The second-order valence-electron chi connectivity index (χ2n) is 5.43. The van der Waals surface area contributed by atoms with Gasteiger partial charge >= 0.3 is 6.03 Å². The van der Waals surface area contributed by atoms with Crippen LogP contribution in [0.15, 0.2) is 48.9 Å².